The zero-order valence-electron chi connectivity index (χ0n) is 37.5. The third-order valence-corrected chi connectivity index (χ3v) is 10.7. The Morgan fingerprint density at radius 3 is 1.07 bits per heavy atom. The van der Waals surface area contributed by atoms with Crippen LogP contribution in [0.1, 0.15) is 92.8 Å². The molecule has 0 spiro atoms. The van der Waals surface area contributed by atoms with Crippen molar-refractivity contribution in [3.63, 3.8) is 0 Å². The average molecular weight is 935 g/mol. The molecule has 0 bridgehead atoms. The normalized spacial score (nSPS) is 16.9. The van der Waals surface area contributed by atoms with Crippen molar-refractivity contribution >= 4 is 35.8 Å². The number of carbonyl (C=O) groups is 6. The van der Waals surface area contributed by atoms with Gasteiger partial charge in [0.05, 0.1) is 61.9 Å². The van der Waals surface area contributed by atoms with Gasteiger partial charge in [-0.1, -0.05) is 13.2 Å². The van der Waals surface area contributed by atoms with E-state index in [4.69, 9.17) is 47.4 Å². The van der Waals surface area contributed by atoms with E-state index in [0.717, 1.165) is 63.5 Å². The fourth-order valence-electron chi connectivity index (χ4n) is 7.03. The van der Waals surface area contributed by atoms with Crippen molar-refractivity contribution in [3.05, 3.63) is 145 Å². The zero-order valence-corrected chi connectivity index (χ0v) is 37.5. The highest BCUT2D eigenvalue weighted by Crippen LogP contribution is 2.32. The first-order valence-electron chi connectivity index (χ1n) is 22.4. The molecule has 2 aliphatic rings. The number of unbranched alkanes of at least 4 members (excludes halogenated alkanes) is 6. The quantitative estimate of drug-likeness (QED) is 0.0193. The van der Waals surface area contributed by atoms with Crippen molar-refractivity contribution in [2.75, 3.05) is 39.6 Å². The van der Waals surface area contributed by atoms with E-state index in [1.165, 1.54) is 48.5 Å². The number of benzene rings is 4. The van der Waals surface area contributed by atoms with Crippen molar-refractivity contribution < 1.29 is 76.1 Å². The van der Waals surface area contributed by atoms with Gasteiger partial charge in [-0.3, -0.25) is 0 Å². The molecule has 4 aromatic carbocycles. The highest BCUT2D eigenvalue weighted by molar-refractivity contribution is 5.93. The summed E-state index contributed by atoms with van der Waals surface area (Å²) in [5.41, 5.74) is 1.06. The summed E-state index contributed by atoms with van der Waals surface area (Å²) in [5.74, 6) is -1.61. The molecule has 0 saturated carbocycles. The molecule has 0 radical (unpaired) electrons. The van der Waals surface area contributed by atoms with Gasteiger partial charge in [-0.15, -0.1) is 0 Å². The SMILES string of the molecule is C=CC(=O)OCCCCCCOc1ccc(C(=O)Oc2ccc(C(=O)OC3CO[C@@H]4[C@@H](OC(=O)c5ccc(OC(=O)c6ccc(OCCCCCCOC(=O)C=C)cc6)cc5)CO[C@H]34)cc2)cc1. The summed E-state index contributed by atoms with van der Waals surface area (Å²) in [6, 6.07) is 25.0. The minimum absolute atomic E-state index is 0.0280. The Bertz CT molecular complexity index is 2160. The molecule has 0 N–H and O–H groups in total. The summed E-state index contributed by atoms with van der Waals surface area (Å²) in [6.07, 6.45) is 6.26. The maximum Gasteiger partial charge on any atom is 0.343 e. The van der Waals surface area contributed by atoms with Gasteiger partial charge in [0.1, 0.15) is 35.2 Å². The van der Waals surface area contributed by atoms with E-state index in [1.54, 1.807) is 48.5 Å². The summed E-state index contributed by atoms with van der Waals surface area (Å²) < 4.78 is 55.6. The Morgan fingerprint density at radius 1 is 0.426 bits per heavy atom. The number of hydrogen-bond acceptors (Lipinski definition) is 16. The monoisotopic (exact) mass is 934 g/mol. The Balaban J connectivity index is 0.862. The second-order valence-electron chi connectivity index (χ2n) is 15.6. The smallest absolute Gasteiger partial charge is 0.343 e. The van der Waals surface area contributed by atoms with Gasteiger partial charge in [0.15, 0.2) is 12.2 Å². The Morgan fingerprint density at radius 2 is 0.735 bits per heavy atom. The molecule has 68 heavy (non-hydrogen) atoms. The predicted molar refractivity (Wildman–Crippen MR) is 244 cm³/mol. The van der Waals surface area contributed by atoms with Crippen LogP contribution >= 0.6 is 0 Å². The Labute approximate surface area is 394 Å². The van der Waals surface area contributed by atoms with Crippen LogP contribution in [0.5, 0.6) is 23.0 Å². The van der Waals surface area contributed by atoms with Gasteiger partial charge < -0.3 is 47.4 Å². The molecule has 16 nitrogen and oxygen atoms in total. The number of hydrogen-bond donors (Lipinski definition) is 0. The van der Waals surface area contributed by atoms with Crippen molar-refractivity contribution in [1.29, 1.82) is 0 Å². The van der Waals surface area contributed by atoms with Gasteiger partial charge in [-0.2, -0.15) is 0 Å². The van der Waals surface area contributed by atoms with Crippen LogP contribution in [-0.2, 0) is 38.0 Å². The molecule has 6 rings (SSSR count). The largest absolute Gasteiger partial charge is 0.494 e. The lowest BCUT2D eigenvalue weighted by Crippen LogP contribution is -2.36. The van der Waals surface area contributed by atoms with Gasteiger partial charge >= 0.3 is 35.8 Å². The molecular formula is C52H54O16. The highest BCUT2D eigenvalue weighted by Gasteiger charge is 2.51. The molecule has 4 atom stereocenters. The van der Waals surface area contributed by atoms with Gasteiger partial charge in [0.25, 0.3) is 0 Å². The lowest BCUT2D eigenvalue weighted by atomic mass is 10.1. The van der Waals surface area contributed by atoms with Crippen LogP contribution < -0.4 is 18.9 Å². The minimum atomic E-state index is -0.761. The van der Waals surface area contributed by atoms with Gasteiger partial charge in [-0.25, -0.2) is 28.8 Å². The molecule has 2 aliphatic heterocycles. The van der Waals surface area contributed by atoms with E-state index in [-0.39, 0.29) is 35.8 Å². The number of carbonyl (C=O) groups excluding carboxylic acids is 6. The third-order valence-electron chi connectivity index (χ3n) is 10.7. The third kappa shape index (κ3) is 15.4. The summed E-state index contributed by atoms with van der Waals surface area (Å²) in [7, 11) is 0. The first-order chi connectivity index (χ1) is 33.1. The molecule has 4 aromatic rings. The van der Waals surface area contributed by atoms with E-state index < -0.39 is 60.2 Å². The van der Waals surface area contributed by atoms with Gasteiger partial charge in [0.2, 0.25) is 0 Å². The molecule has 16 heteroatoms. The molecule has 358 valence electrons. The van der Waals surface area contributed by atoms with Crippen molar-refractivity contribution in [3.8, 4) is 23.0 Å². The predicted octanol–water partition coefficient (Wildman–Crippen LogP) is 8.01. The molecule has 2 fully saturated rings. The maximum atomic E-state index is 13.1. The average Bonchev–Trinajstić information content (AvgIpc) is 3.96. The van der Waals surface area contributed by atoms with Crippen LogP contribution in [0, 0.1) is 0 Å². The van der Waals surface area contributed by atoms with Crippen molar-refractivity contribution in [2.24, 2.45) is 0 Å². The number of rotatable bonds is 26. The topological polar surface area (TPSA) is 195 Å². The zero-order chi connectivity index (χ0) is 48.1. The van der Waals surface area contributed by atoms with Gasteiger partial charge in [0, 0.05) is 12.2 Å². The second kappa shape index (κ2) is 26.1. The fraction of sp³-hybridized carbons (Fsp3) is 0.346. The standard InChI is InChI=1S/C52H54O16/c1-3-45(53)61-31-11-7-5-9-29-59-39-21-13-35(14-22-39)49(55)65-41-25-17-37(18-26-41)51(57)67-43-33-63-48-44(34-64-47(43)48)68-52(58)38-19-27-42(28-20-38)66-50(56)36-15-23-40(24-16-36)60-30-10-6-8-12-32-62-46(54)4-2/h3-4,13-28,43-44,47-48H,1-2,5-12,29-34H2/t43-,44?,47+,48+/m0/s1. The van der Waals surface area contributed by atoms with Crippen LogP contribution in [0.25, 0.3) is 0 Å². The molecule has 0 aromatic heterocycles. The number of esters is 6. The number of ether oxygens (including phenoxy) is 10. The molecule has 2 heterocycles. The molecule has 0 aliphatic carbocycles. The fourth-order valence-corrected chi connectivity index (χ4v) is 7.03. The first kappa shape index (κ1) is 50.1. The van der Waals surface area contributed by atoms with Crippen LogP contribution in [0.15, 0.2) is 122 Å². The van der Waals surface area contributed by atoms with Gasteiger partial charge in [-0.05, 0) is 148 Å². The Kier molecular flexibility index (Phi) is 19.3. The first-order valence-corrected chi connectivity index (χ1v) is 22.4. The van der Waals surface area contributed by atoms with Crippen molar-refractivity contribution in [1.82, 2.24) is 0 Å². The van der Waals surface area contributed by atoms with E-state index >= 15 is 0 Å². The Hall–Kier alpha value is -7.30. The van der Waals surface area contributed by atoms with Crippen LogP contribution in [-0.4, -0.2) is 99.9 Å². The van der Waals surface area contributed by atoms with E-state index in [9.17, 15) is 28.8 Å². The van der Waals surface area contributed by atoms with E-state index in [0.29, 0.717) is 49.1 Å². The summed E-state index contributed by atoms with van der Waals surface area (Å²) >= 11 is 0. The summed E-state index contributed by atoms with van der Waals surface area (Å²) in [5, 5.41) is 0. The number of fused-ring (bicyclic) bond motifs is 1. The van der Waals surface area contributed by atoms with E-state index in [1.807, 2.05) is 0 Å². The lowest BCUT2D eigenvalue weighted by molar-refractivity contribution is -0.138. The lowest BCUT2D eigenvalue weighted by Gasteiger charge is -2.17. The minimum Gasteiger partial charge on any atom is -0.494 e. The summed E-state index contributed by atoms with van der Waals surface area (Å²) in [6.45, 7) is 8.52. The highest BCUT2D eigenvalue weighted by atomic mass is 16.7. The molecule has 0 amide bonds. The van der Waals surface area contributed by atoms with Crippen LogP contribution in [0.4, 0.5) is 0 Å². The second-order valence-corrected chi connectivity index (χ2v) is 15.6. The van der Waals surface area contributed by atoms with Crippen LogP contribution in [0.2, 0.25) is 0 Å². The molecule has 2 saturated heterocycles. The maximum absolute atomic E-state index is 13.1. The van der Waals surface area contributed by atoms with Crippen molar-refractivity contribution in [2.45, 2.75) is 75.8 Å². The molecular weight excluding hydrogens is 881 g/mol. The summed E-state index contributed by atoms with van der Waals surface area (Å²) in [4.78, 5) is 73.9. The van der Waals surface area contributed by atoms with Crippen LogP contribution in [0.3, 0.4) is 0 Å². The van der Waals surface area contributed by atoms with E-state index in [2.05, 4.69) is 13.2 Å². The molecule has 1 unspecified atom stereocenters.